The van der Waals surface area contributed by atoms with Crippen molar-refractivity contribution in [2.24, 2.45) is 0 Å². The predicted octanol–water partition coefficient (Wildman–Crippen LogP) is 4.49. The highest BCUT2D eigenvalue weighted by atomic mass is 16.5. The first-order valence-corrected chi connectivity index (χ1v) is 10.5. The molecule has 1 amide bonds. The molecule has 2 N–H and O–H groups in total. The van der Waals surface area contributed by atoms with E-state index in [0.29, 0.717) is 12.8 Å². The molecule has 3 aromatic rings. The Hall–Kier alpha value is -3.60. The molecule has 2 aliphatic rings. The van der Waals surface area contributed by atoms with Crippen molar-refractivity contribution >= 4 is 12.1 Å². The second kappa shape index (κ2) is 7.58. The number of amides is 1. The molecule has 0 aromatic heterocycles. The molecule has 156 valence electrons. The molecule has 5 rings (SSSR count). The van der Waals surface area contributed by atoms with Gasteiger partial charge in [0.25, 0.3) is 0 Å². The van der Waals surface area contributed by atoms with Crippen LogP contribution in [0, 0.1) is 0 Å². The number of carbonyl (C=O) groups excluding carboxylic acids is 1. The normalized spacial score (nSPS) is 18.7. The summed E-state index contributed by atoms with van der Waals surface area (Å²) in [6.07, 6.45) is 0.562. The fourth-order valence-electron chi connectivity index (χ4n) is 5.04. The molecule has 1 atom stereocenters. The smallest absolute Gasteiger partial charge is 0.407 e. The van der Waals surface area contributed by atoms with E-state index in [1.807, 2.05) is 48.5 Å². The number of carboxylic acid groups (broad SMARTS) is 1. The molecular formula is C26H23NO4. The van der Waals surface area contributed by atoms with E-state index in [1.54, 1.807) is 0 Å². The van der Waals surface area contributed by atoms with Gasteiger partial charge in [0, 0.05) is 12.5 Å². The van der Waals surface area contributed by atoms with Crippen molar-refractivity contribution in [2.45, 2.75) is 24.2 Å². The van der Waals surface area contributed by atoms with Gasteiger partial charge < -0.3 is 15.2 Å². The Balaban J connectivity index is 1.29. The third kappa shape index (κ3) is 3.17. The second-order valence-electron chi connectivity index (χ2n) is 8.22. The number of aryl methyl sites for hydroxylation is 1. The van der Waals surface area contributed by atoms with Crippen molar-refractivity contribution in [3.05, 3.63) is 95.1 Å². The average Bonchev–Trinajstić information content (AvgIpc) is 3.33. The molecule has 0 spiro atoms. The first kappa shape index (κ1) is 19.4. The zero-order chi connectivity index (χ0) is 21.4. The van der Waals surface area contributed by atoms with Crippen molar-refractivity contribution in [1.82, 2.24) is 5.32 Å². The van der Waals surface area contributed by atoms with Gasteiger partial charge in [-0.15, -0.1) is 0 Å². The van der Waals surface area contributed by atoms with Crippen molar-refractivity contribution in [1.29, 1.82) is 0 Å². The maximum absolute atomic E-state index is 12.5. The maximum Gasteiger partial charge on any atom is 0.407 e. The Kier molecular flexibility index (Phi) is 4.74. The molecule has 2 aliphatic carbocycles. The Labute approximate surface area is 180 Å². The molecule has 0 bridgehead atoms. The number of alkyl carbamates (subject to hydrolysis) is 1. The molecule has 3 aromatic carbocycles. The molecule has 31 heavy (non-hydrogen) atoms. The topological polar surface area (TPSA) is 75.6 Å². The fraction of sp³-hybridized carbons (Fsp3) is 0.231. The van der Waals surface area contributed by atoms with Crippen LogP contribution in [-0.4, -0.2) is 30.3 Å². The van der Waals surface area contributed by atoms with Crippen LogP contribution in [0.15, 0.2) is 72.8 Å². The van der Waals surface area contributed by atoms with E-state index >= 15 is 0 Å². The number of carbonyl (C=O) groups is 2. The molecule has 0 saturated heterocycles. The first-order valence-electron chi connectivity index (χ1n) is 10.5. The molecule has 0 radical (unpaired) electrons. The standard InChI is InChI=1S/C26H23NO4/c28-24(29)26(14-13-17-7-1-6-12-23(17)26)16-27-25(30)31-15-22-20-10-4-2-8-18(20)19-9-3-5-11-21(19)22/h1-12,22H,13-16H2,(H,27,30)(H,28,29). The molecule has 0 aliphatic heterocycles. The van der Waals surface area contributed by atoms with E-state index < -0.39 is 17.5 Å². The third-order valence-electron chi connectivity index (χ3n) is 6.64. The van der Waals surface area contributed by atoms with Crippen LogP contribution in [0.2, 0.25) is 0 Å². The summed E-state index contributed by atoms with van der Waals surface area (Å²) in [4.78, 5) is 24.7. The van der Waals surface area contributed by atoms with E-state index in [1.165, 1.54) is 11.1 Å². The van der Waals surface area contributed by atoms with E-state index in [9.17, 15) is 14.7 Å². The Morgan fingerprint density at radius 2 is 1.55 bits per heavy atom. The number of fused-ring (bicyclic) bond motifs is 4. The van der Waals surface area contributed by atoms with Gasteiger partial charge in [0.05, 0.1) is 0 Å². The van der Waals surface area contributed by atoms with Gasteiger partial charge in [-0.2, -0.15) is 0 Å². The summed E-state index contributed by atoms with van der Waals surface area (Å²) in [7, 11) is 0. The lowest BCUT2D eigenvalue weighted by Crippen LogP contribution is -2.45. The number of benzene rings is 3. The molecule has 0 fully saturated rings. The number of rotatable bonds is 5. The van der Waals surface area contributed by atoms with E-state index in [4.69, 9.17) is 4.74 Å². The Morgan fingerprint density at radius 1 is 0.935 bits per heavy atom. The van der Waals surface area contributed by atoms with Crippen LogP contribution in [0.1, 0.15) is 34.6 Å². The van der Waals surface area contributed by atoms with Crippen LogP contribution in [0.25, 0.3) is 11.1 Å². The van der Waals surface area contributed by atoms with Crippen molar-refractivity contribution in [3.8, 4) is 11.1 Å². The Morgan fingerprint density at radius 3 is 2.23 bits per heavy atom. The SMILES string of the molecule is O=C(NCC1(C(=O)O)CCc2ccccc21)OCC1c2ccccc2-c2ccccc21. The number of ether oxygens (including phenoxy) is 1. The summed E-state index contributed by atoms with van der Waals surface area (Å²) in [5, 5.41) is 12.7. The summed E-state index contributed by atoms with van der Waals surface area (Å²) in [6, 6.07) is 23.9. The van der Waals surface area contributed by atoms with Crippen LogP contribution < -0.4 is 5.32 Å². The lowest BCUT2D eigenvalue weighted by Gasteiger charge is -2.26. The van der Waals surface area contributed by atoms with Gasteiger partial charge in [0.1, 0.15) is 12.0 Å². The number of nitrogens with one attached hydrogen (secondary N) is 1. The van der Waals surface area contributed by atoms with Crippen LogP contribution >= 0.6 is 0 Å². The van der Waals surface area contributed by atoms with Gasteiger partial charge in [-0.1, -0.05) is 72.8 Å². The van der Waals surface area contributed by atoms with Crippen LogP contribution in [0.5, 0.6) is 0 Å². The number of hydrogen-bond donors (Lipinski definition) is 2. The quantitative estimate of drug-likeness (QED) is 0.646. The highest BCUT2D eigenvalue weighted by molar-refractivity contribution is 5.84. The van der Waals surface area contributed by atoms with Crippen molar-refractivity contribution in [2.75, 3.05) is 13.2 Å². The van der Waals surface area contributed by atoms with Crippen LogP contribution in [0.4, 0.5) is 4.79 Å². The third-order valence-corrected chi connectivity index (χ3v) is 6.64. The van der Waals surface area contributed by atoms with Gasteiger partial charge in [-0.05, 0) is 46.2 Å². The minimum Gasteiger partial charge on any atom is -0.481 e. The average molecular weight is 413 g/mol. The van der Waals surface area contributed by atoms with Gasteiger partial charge in [-0.25, -0.2) is 4.79 Å². The van der Waals surface area contributed by atoms with Gasteiger partial charge in [-0.3, -0.25) is 4.79 Å². The highest BCUT2D eigenvalue weighted by Gasteiger charge is 2.45. The molecule has 5 heteroatoms. The number of hydrogen-bond acceptors (Lipinski definition) is 3. The van der Waals surface area contributed by atoms with Gasteiger partial charge in [0.15, 0.2) is 0 Å². The zero-order valence-electron chi connectivity index (χ0n) is 17.0. The summed E-state index contributed by atoms with van der Waals surface area (Å²) < 4.78 is 5.57. The summed E-state index contributed by atoms with van der Waals surface area (Å²) in [6.45, 7) is 0.215. The fourth-order valence-corrected chi connectivity index (χ4v) is 5.04. The lowest BCUT2D eigenvalue weighted by molar-refractivity contribution is -0.143. The summed E-state index contributed by atoms with van der Waals surface area (Å²) in [5.74, 6) is -0.949. The van der Waals surface area contributed by atoms with E-state index in [2.05, 4.69) is 29.6 Å². The monoisotopic (exact) mass is 413 g/mol. The maximum atomic E-state index is 12.5. The van der Waals surface area contributed by atoms with Crippen LogP contribution in [0.3, 0.4) is 0 Å². The molecule has 0 saturated carbocycles. The van der Waals surface area contributed by atoms with Crippen LogP contribution in [-0.2, 0) is 21.4 Å². The lowest BCUT2D eigenvalue weighted by atomic mass is 9.82. The minimum atomic E-state index is -1.11. The zero-order valence-corrected chi connectivity index (χ0v) is 17.0. The first-order chi connectivity index (χ1) is 15.1. The largest absolute Gasteiger partial charge is 0.481 e. The number of carboxylic acids is 1. The van der Waals surface area contributed by atoms with E-state index in [0.717, 1.165) is 22.3 Å². The Bertz CT molecular complexity index is 1130. The molecular weight excluding hydrogens is 390 g/mol. The van der Waals surface area contributed by atoms with Gasteiger partial charge in [0.2, 0.25) is 0 Å². The van der Waals surface area contributed by atoms with Crippen molar-refractivity contribution in [3.63, 3.8) is 0 Å². The molecule has 5 nitrogen and oxygen atoms in total. The van der Waals surface area contributed by atoms with Crippen molar-refractivity contribution < 1.29 is 19.4 Å². The van der Waals surface area contributed by atoms with Gasteiger partial charge >= 0.3 is 12.1 Å². The summed E-state index contributed by atoms with van der Waals surface area (Å²) >= 11 is 0. The molecule has 1 unspecified atom stereocenters. The minimum absolute atomic E-state index is 0.00994. The number of aliphatic carboxylic acids is 1. The predicted molar refractivity (Wildman–Crippen MR) is 117 cm³/mol. The summed E-state index contributed by atoms with van der Waals surface area (Å²) in [5.41, 5.74) is 5.31. The van der Waals surface area contributed by atoms with E-state index in [-0.39, 0.29) is 19.1 Å². The highest BCUT2D eigenvalue weighted by Crippen LogP contribution is 2.44. The molecule has 0 heterocycles. The second-order valence-corrected chi connectivity index (χ2v) is 8.22.